The van der Waals surface area contributed by atoms with Crippen LogP contribution in [0.1, 0.15) is 25.3 Å². The van der Waals surface area contributed by atoms with Gasteiger partial charge in [-0.3, -0.25) is 0 Å². The van der Waals surface area contributed by atoms with E-state index in [1.165, 1.54) is 12.3 Å². The third-order valence-corrected chi connectivity index (χ3v) is 3.58. The smallest absolute Gasteiger partial charge is 0.369 e. The molecule has 3 nitrogen and oxygen atoms in total. The Morgan fingerprint density at radius 2 is 2.25 bits per heavy atom. The van der Waals surface area contributed by atoms with Crippen molar-refractivity contribution >= 4 is 5.82 Å². The molecule has 1 N–H and O–H groups in total. The highest BCUT2D eigenvalue weighted by molar-refractivity contribution is 5.45. The molecule has 0 amide bonds. The molecule has 1 aliphatic heterocycles. The SMILES string of the molecule is CCCN1CCC(CNc2ncccc2C(F)(F)F)C1. The minimum absolute atomic E-state index is 0.0612. The largest absolute Gasteiger partial charge is 0.419 e. The zero-order valence-corrected chi connectivity index (χ0v) is 11.6. The quantitative estimate of drug-likeness (QED) is 0.901. The number of nitrogens with zero attached hydrogens (tertiary/aromatic N) is 2. The van der Waals surface area contributed by atoms with E-state index in [4.69, 9.17) is 0 Å². The van der Waals surface area contributed by atoms with Crippen molar-refractivity contribution < 1.29 is 13.2 Å². The Morgan fingerprint density at radius 3 is 2.95 bits per heavy atom. The van der Waals surface area contributed by atoms with Crippen LogP contribution in [-0.2, 0) is 6.18 Å². The van der Waals surface area contributed by atoms with E-state index < -0.39 is 11.7 Å². The number of hydrogen-bond donors (Lipinski definition) is 1. The lowest BCUT2D eigenvalue weighted by atomic mass is 10.1. The average Bonchev–Trinajstić information content (AvgIpc) is 2.84. The number of alkyl halides is 3. The van der Waals surface area contributed by atoms with Crippen LogP contribution in [0.2, 0.25) is 0 Å². The normalized spacial score (nSPS) is 20.3. The molecule has 112 valence electrons. The van der Waals surface area contributed by atoms with Gasteiger partial charge < -0.3 is 10.2 Å². The minimum Gasteiger partial charge on any atom is -0.369 e. The number of likely N-dealkylation sites (tertiary alicyclic amines) is 1. The molecule has 1 aromatic heterocycles. The maximum Gasteiger partial charge on any atom is 0.419 e. The van der Waals surface area contributed by atoms with Crippen LogP contribution in [-0.4, -0.2) is 36.1 Å². The van der Waals surface area contributed by atoms with Crippen LogP contribution in [0, 0.1) is 5.92 Å². The summed E-state index contributed by atoms with van der Waals surface area (Å²) in [6, 6.07) is 2.37. The van der Waals surface area contributed by atoms with Crippen LogP contribution in [0.4, 0.5) is 19.0 Å². The molecule has 1 aromatic rings. The predicted octanol–water partition coefficient (Wildman–Crippen LogP) is 3.24. The van der Waals surface area contributed by atoms with Gasteiger partial charge in [-0.1, -0.05) is 6.92 Å². The van der Waals surface area contributed by atoms with Crippen LogP contribution >= 0.6 is 0 Å². The van der Waals surface area contributed by atoms with Crippen LogP contribution < -0.4 is 5.32 Å². The molecular formula is C14H20F3N3. The first-order valence-electron chi connectivity index (χ1n) is 6.99. The van der Waals surface area contributed by atoms with Crippen molar-refractivity contribution in [2.75, 3.05) is 31.5 Å². The fraction of sp³-hybridized carbons (Fsp3) is 0.643. The van der Waals surface area contributed by atoms with E-state index in [0.29, 0.717) is 12.5 Å². The number of halogens is 3. The highest BCUT2D eigenvalue weighted by atomic mass is 19.4. The summed E-state index contributed by atoms with van der Waals surface area (Å²) in [6.45, 7) is 5.73. The fourth-order valence-electron chi connectivity index (χ4n) is 2.61. The molecule has 2 heterocycles. The van der Waals surface area contributed by atoms with Crippen molar-refractivity contribution in [2.24, 2.45) is 5.92 Å². The number of nitrogens with one attached hydrogen (secondary N) is 1. The zero-order chi connectivity index (χ0) is 14.6. The van der Waals surface area contributed by atoms with E-state index in [2.05, 4.69) is 22.1 Å². The van der Waals surface area contributed by atoms with Gasteiger partial charge in [-0.05, 0) is 44.0 Å². The molecule has 0 saturated carbocycles. The minimum atomic E-state index is -4.36. The summed E-state index contributed by atoms with van der Waals surface area (Å²) >= 11 is 0. The maximum absolute atomic E-state index is 12.8. The average molecular weight is 287 g/mol. The molecule has 0 radical (unpaired) electrons. The van der Waals surface area contributed by atoms with Crippen molar-refractivity contribution in [2.45, 2.75) is 25.9 Å². The van der Waals surface area contributed by atoms with Gasteiger partial charge in [0.05, 0.1) is 5.56 Å². The molecule has 1 atom stereocenters. The lowest BCUT2D eigenvalue weighted by Crippen LogP contribution is -2.24. The lowest BCUT2D eigenvalue weighted by Gasteiger charge is -2.17. The predicted molar refractivity (Wildman–Crippen MR) is 72.6 cm³/mol. The number of hydrogen-bond acceptors (Lipinski definition) is 3. The summed E-state index contributed by atoms with van der Waals surface area (Å²) in [5.74, 6) is 0.332. The van der Waals surface area contributed by atoms with Gasteiger partial charge in [-0.25, -0.2) is 4.98 Å². The Kier molecular flexibility index (Phi) is 4.86. The van der Waals surface area contributed by atoms with Crippen molar-refractivity contribution in [1.82, 2.24) is 9.88 Å². The van der Waals surface area contributed by atoms with Gasteiger partial charge in [0.1, 0.15) is 5.82 Å². The van der Waals surface area contributed by atoms with Crippen molar-refractivity contribution in [1.29, 1.82) is 0 Å². The van der Waals surface area contributed by atoms with Crippen molar-refractivity contribution in [3.05, 3.63) is 23.9 Å². The maximum atomic E-state index is 12.8. The summed E-state index contributed by atoms with van der Waals surface area (Å²) < 4.78 is 38.5. The van der Waals surface area contributed by atoms with E-state index in [1.54, 1.807) is 0 Å². The van der Waals surface area contributed by atoms with Crippen molar-refractivity contribution in [3.63, 3.8) is 0 Å². The summed E-state index contributed by atoms with van der Waals surface area (Å²) in [5.41, 5.74) is -0.691. The number of pyridine rings is 1. The van der Waals surface area contributed by atoms with E-state index in [-0.39, 0.29) is 5.82 Å². The molecule has 20 heavy (non-hydrogen) atoms. The molecule has 2 rings (SSSR count). The fourth-order valence-corrected chi connectivity index (χ4v) is 2.61. The Labute approximate surface area is 117 Å². The molecule has 0 aromatic carbocycles. The monoisotopic (exact) mass is 287 g/mol. The number of anilines is 1. The molecule has 0 bridgehead atoms. The summed E-state index contributed by atoms with van der Waals surface area (Å²) in [4.78, 5) is 6.17. The van der Waals surface area contributed by atoms with Crippen molar-refractivity contribution in [3.8, 4) is 0 Å². The van der Waals surface area contributed by atoms with Crippen LogP contribution in [0.25, 0.3) is 0 Å². The molecule has 0 aliphatic carbocycles. The van der Waals surface area contributed by atoms with Crippen LogP contribution in [0.15, 0.2) is 18.3 Å². The van der Waals surface area contributed by atoms with Gasteiger partial charge in [-0.2, -0.15) is 13.2 Å². The van der Waals surface area contributed by atoms with Gasteiger partial charge >= 0.3 is 6.18 Å². The number of aromatic nitrogens is 1. The first-order chi connectivity index (χ1) is 9.50. The second-order valence-corrected chi connectivity index (χ2v) is 5.23. The van der Waals surface area contributed by atoms with E-state index in [9.17, 15) is 13.2 Å². The molecular weight excluding hydrogens is 267 g/mol. The highest BCUT2D eigenvalue weighted by Gasteiger charge is 2.34. The number of rotatable bonds is 5. The molecule has 1 fully saturated rings. The standard InChI is InChI=1S/C14H20F3N3/c1-2-7-20-8-5-11(10-20)9-19-13-12(14(15,16)17)4-3-6-18-13/h3-4,6,11H,2,5,7-10H2,1H3,(H,18,19). The lowest BCUT2D eigenvalue weighted by molar-refractivity contribution is -0.137. The van der Waals surface area contributed by atoms with E-state index in [1.807, 2.05) is 0 Å². The van der Waals surface area contributed by atoms with Gasteiger partial charge in [0.25, 0.3) is 0 Å². The second kappa shape index (κ2) is 6.43. The summed E-state index contributed by atoms with van der Waals surface area (Å²) in [6.07, 6.45) is -0.837. The second-order valence-electron chi connectivity index (χ2n) is 5.23. The Morgan fingerprint density at radius 1 is 1.45 bits per heavy atom. The summed E-state index contributed by atoms with van der Waals surface area (Å²) in [7, 11) is 0. The molecule has 6 heteroatoms. The van der Waals surface area contributed by atoms with Gasteiger partial charge in [0.15, 0.2) is 0 Å². The highest BCUT2D eigenvalue weighted by Crippen LogP contribution is 2.33. The summed E-state index contributed by atoms with van der Waals surface area (Å²) in [5, 5.41) is 2.87. The Balaban J connectivity index is 1.92. The van der Waals surface area contributed by atoms with E-state index in [0.717, 1.165) is 38.5 Å². The molecule has 1 aliphatic rings. The first kappa shape index (κ1) is 15.1. The van der Waals surface area contributed by atoms with E-state index >= 15 is 0 Å². The van der Waals surface area contributed by atoms with Crippen LogP contribution in [0.3, 0.4) is 0 Å². The van der Waals surface area contributed by atoms with Gasteiger partial charge in [-0.15, -0.1) is 0 Å². The van der Waals surface area contributed by atoms with Crippen LogP contribution in [0.5, 0.6) is 0 Å². The third-order valence-electron chi connectivity index (χ3n) is 3.58. The topological polar surface area (TPSA) is 28.2 Å². The first-order valence-corrected chi connectivity index (χ1v) is 6.99. The molecule has 1 unspecified atom stereocenters. The molecule has 1 saturated heterocycles. The van der Waals surface area contributed by atoms with Gasteiger partial charge in [0, 0.05) is 19.3 Å². The Hall–Kier alpha value is -1.30. The Bertz CT molecular complexity index is 434. The molecule has 0 spiro atoms. The zero-order valence-electron chi connectivity index (χ0n) is 11.6. The third kappa shape index (κ3) is 3.85. The van der Waals surface area contributed by atoms with Gasteiger partial charge in [0.2, 0.25) is 0 Å².